The Morgan fingerprint density at radius 3 is 2.19 bits per heavy atom. The first-order chi connectivity index (χ1) is 15.7. The fourth-order valence-electron chi connectivity index (χ4n) is 4.23. The van der Waals surface area contributed by atoms with E-state index in [1.54, 1.807) is 24.7 Å². The Morgan fingerprint density at radius 1 is 0.688 bits per heavy atom. The zero-order valence-corrected chi connectivity index (χ0v) is 16.8. The number of aromatic amines is 1. The van der Waals surface area contributed by atoms with Crippen molar-refractivity contribution in [1.82, 2.24) is 19.5 Å². The maximum Gasteiger partial charge on any atom is 0.333 e. The van der Waals surface area contributed by atoms with Crippen LogP contribution in [-0.2, 0) is 0 Å². The molecule has 0 saturated carbocycles. The molecule has 6 nitrogen and oxygen atoms in total. The van der Waals surface area contributed by atoms with Gasteiger partial charge >= 0.3 is 5.69 Å². The summed E-state index contributed by atoms with van der Waals surface area (Å²) in [7, 11) is 0. The number of pyridine rings is 2. The molecular formula is C26H16N4O2. The van der Waals surface area contributed by atoms with E-state index in [1.807, 2.05) is 66.9 Å². The summed E-state index contributed by atoms with van der Waals surface area (Å²) in [6, 6.07) is 21.0. The lowest BCUT2D eigenvalue weighted by Crippen LogP contribution is -2.33. The van der Waals surface area contributed by atoms with Gasteiger partial charge in [-0.2, -0.15) is 0 Å². The van der Waals surface area contributed by atoms with Gasteiger partial charge in [0.25, 0.3) is 5.56 Å². The first-order valence-corrected chi connectivity index (χ1v) is 10.2. The van der Waals surface area contributed by atoms with Crippen LogP contribution >= 0.6 is 0 Å². The van der Waals surface area contributed by atoms with Crippen LogP contribution in [0, 0.1) is 0 Å². The summed E-state index contributed by atoms with van der Waals surface area (Å²) in [6.45, 7) is 0. The second-order valence-electron chi connectivity index (χ2n) is 7.62. The number of H-pyrrole nitrogens is 1. The van der Waals surface area contributed by atoms with Crippen molar-refractivity contribution in [2.75, 3.05) is 0 Å². The largest absolute Gasteiger partial charge is 0.333 e. The van der Waals surface area contributed by atoms with Crippen LogP contribution in [0.1, 0.15) is 0 Å². The summed E-state index contributed by atoms with van der Waals surface area (Å²) >= 11 is 0. The molecule has 0 aliphatic carbocycles. The van der Waals surface area contributed by atoms with E-state index in [9.17, 15) is 9.59 Å². The van der Waals surface area contributed by atoms with Crippen molar-refractivity contribution in [2.24, 2.45) is 0 Å². The van der Waals surface area contributed by atoms with Gasteiger partial charge in [-0.3, -0.25) is 14.8 Å². The Bertz CT molecular complexity index is 1770. The quantitative estimate of drug-likeness (QED) is 0.452. The van der Waals surface area contributed by atoms with Crippen molar-refractivity contribution in [3.05, 3.63) is 112 Å². The van der Waals surface area contributed by atoms with Crippen LogP contribution in [0.25, 0.3) is 49.3 Å². The third kappa shape index (κ3) is 2.74. The standard InChI is InChI=1S/C26H16N4O2/c31-25-21-10-9-16(22-14-27-12-17-5-1-3-7-19(17)22)11-23(21)29-26(32)30(25)24-15-28-13-18-6-2-4-8-20(18)24/h1-15H,(H,29,32). The van der Waals surface area contributed by atoms with Crippen molar-refractivity contribution in [3.63, 3.8) is 0 Å². The second-order valence-corrected chi connectivity index (χ2v) is 7.62. The normalized spacial score (nSPS) is 11.4. The van der Waals surface area contributed by atoms with Gasteiger partial charge in [0.05, 0.1) is 22.8 Å². The SMILES string of the molecule is O=c1[nH]c2cc(-c3cncc4ccccc34)ccc2c(=O)n1-c1cncc2ccccc12. The second kappa shape index (κ2) is 6.99. The summed E-state index contributed by atoms with van der Waals surface area (Å²) < 4.78 is 1.15. The highest BCUT2D eigenvalue weighted by Gasteiger charge is 2.14. The highest BCUT2D eigenvalue weighted by molar-refractivity contribution is 5.97. The maximum absolute atomic E-state index is 13.4. The molecule has 0 bridgehead atoms. The average Bonchev–Trinajstić information content (AvgIpc) is 2.83. The average molecular weight is 416 g/mol. The molecule has 0 fully saturated rings. The summed E-state index contributed by atoms with van der Waals surface area (Å²) in [5.74, 6) is 0. The minimum atomic E-state index is -0.506. The smallest absolute Gasteiger partial charge is 0.306 e. The zero-order valence-electron chi connectivity index (χ0n) is 16.8. The summed E-state index contributed by atoms with van der Waals surface area (Å²) in [6.07, 6.45) is 6.87. The zero-order chi connectivity index (χ0) is 21.7. The van der Waals surface area contributed by atoms with Crippen molar-refractivity contribution >= 4 is 32.4 Å². The van der Waals surface area contributed by atoms with Crippen molar-refractivity contribution in [3.8, 4) is 16.8 Å². The fraction of sp³-hybridized carbons (Fsp3) is 0. The molecule has 32 heavy (non-hydrogen) atoms. The number of rotatable bonds is 2. The Balaban J connectivity index is 1.60. The Labute approximate surface area is 181 Å². The van der Waals surface area contributed by atoms with Crippen LogP contribution < -0.4 is 11.2 Å². The molecule has 152 valence electrons. The van der Waals surface area contributed by atoms with Gasteiger partial charge in [0.2, 0.25) is 0 Å². The first kappa shape index (κ1) is 18.2. The molecule has 3 aromatic heterocycles. The van der Waals surface area contributed by atoms with E-state index in [0.717, 1.165) is 37.2 Å². The lowest BCUT2D eigenvalue weighted by Gasteiger charge is -2.11. The van der Waals surface area contributed by atoms with Crippen molar-refractivity contribution < 1.29 is 0 Å². The number of benzene rings is 3. The van der Waals surface area contributed by atoms with E-state index in [0.29, 0.717) is 16.6 Å². The molecule has 1 N–H and O–H groups in total. The van der Waals surface area contributed by atoms with Gasteiger partial charge in [0.1, 0.15) is 0 Å². The molecule has 0 amide bonds. The highest BCUT2D eigenvalue weighted by Crippen LogP contribution is 2.29. The van der Waals surface area contributed by atoms with Gasteiger partial charge < -0.3 is 4.98 Å². The van der Waals surface area contributed by atoms with Gasteiger partial charge in [-0.25, -0.2) is 9.36 Å². The van der Waals surface area contributed by atoms with Crippen LogP contribution in [0.2, 0.25) is 0 Å². The van der Waals surface area contributed by atoms with E-state index in [2.05, 4.69) is 15.0 Å². The molecule has 3 heterocycles. The molecule has 0 radical (unpaired) electrons. The van der Waals surface area contributed by atoms with Gasteiger partial charge in [0.15, 0.2) is 0 Å². The van der Waals surface area contributed by atoms with Crippen LogP contribution in [0.15, 0.2) is 101 Å². The Kier molecular flexibility index (Phi) is 3.98. The van der Waals surface area contributed by atoms with Gasteiger partial charge in [-0.15, -0.1) is 0 Å². The summed E-state index contributed by atoms with van der Waals surface area (Å²) in [5.41, 5.74) is 1.86. The monoisotopic (exact) mass is 416 g/mol. The lowest BCUT2D eigenvalue weighted by atomic mass is 10.00. The van der Waals surface area contributed by atoms with E-state index in [4.69, 9.17) is 0 Å². The molecule has 0 aliphatic heterocycles. The summed E-state index contributed by atoms with van der Waals surface area (Å²) in [5, 5.41) is 4.15. The number of hydrogen-bond donors (Lipinski definition) is 1. The lowest BCUT2D eigenvalue weighted by molar-refractivity contribution is 0.902. The fourth-order valence-corrected chi connectivity index (χ4v) is 4.23. The van der Waals surface area contributed by atoms with Gasteiger partial charge in [0, 0.05) is 40.3 Å². The molecule has 3 aromatic carbocycles. The summed E-state index contributed by atoms with van der Waals surface area (Å²) in [4.78, 5) is 37.8. The van der Waals surface area contributed by atoms with E-state index < -0.39 is 5.69 Å². The number of aromatic nitrogens is 4. The predicted octanol–water partition coefficient (Wildman–Crippen LogP) is 4.44. The van der Waals surface area contributed by atoms with Crippen molar-refractivity contribution in [2.45, 2.75) is 0 Å². The molecule has 0 saturated heterocycles. The molecule has 0 atom stereocenters. The number of hydrogen-bond acceptors (Lipinski definition) is 4. The van der Waals surface area contributed by atoms with Crippen LogP contribution in [0.3, 0.4) is 0 Å². The van der Waals surface area contributed by atoms with Gasteiger partial charge in [-0.1, -0.05) is 54.6 Å². The van der Waals surface area contributed by atoms with Crippen molar-refractivity contribution in [1.29, 1.82) is 0 Å². The highest BCUT2D eigenvalue weighted by atomic mass is 16.2. The predicted molar refractivity (Wildman–Crippen MR) is 126 cm³/mol. The first-order valence-electron chi connectivity index (χ1n) is 10.2. The maximum atomic E-state index is 13.4. The Morgan fingerprint density at radius 2 is 1.38 bits per heavy atom. The number of nitrogens with one attached hydrogen (secondary N) is 1. The molecule has 6 heteroatoms. The molecule has 0 aliphatic rings. The molecule has 0 spiro atoms. The molecule has 6 rings (SSSR count). The molecule has 0 unspecified atom stereocenters. The third-order valence-corrected chi connectivity index (χ3v) is 5.77. The topological polar surface area (TPSA) is 80.6 Å². The van der Waals surface area contributed by atoms with Crippen LogP contribution in [0.5, 0.6) is 0 Å². The van der Waals surface area contributed by atoms with E-state index in [-0.39, 0.29) is 5.56 Å². The van der Waals surface area contributed by atoms with E-state index in [1.165, 1.54) is 0 Å². The molecular weight excluding hydrogens is 400 g/mol. The Hall–Kier alpha value is -4.58. The van der Waals surface area contributed by atoms with Gasteiger partial charge in [-0.05, 0) is 23.1 Å². The molecule has 6 aromatic rings. The third-order valence-electron chi connectivity index (χ3n) is 5.77. The number of nitrogens with zero attached hydrogens (tertiary/aromatic N) is 3. The minimum absolute atomic E-state index is 0.385. The van der Waals surface area contributed by atoms with Crippen LogP contribution in [0.4, 0.5) is 0 Å². The van der Waals surface area contributed by atoms with E-state index >= 15 is 0 Å². The van der Waals surface area contributed by atoms with Crippen LogP contribution in [-0.4, -0.2) is 19.5 Å². The minimum Gasteiger partial charge on any atom is -0.306 e. The number of fused-ring (bicyclic) bond motifs is 3.